The van der Waals surface area contributed by atoms with Crippen LogP contribution in [0.1, 0.15) is 6.42 Å². The number of rotatable bonds is 9. The highest BCUT2D eigenvalue weighted by Crippen LogP contribution is 2.45. The summed E-state index contributed by atoms with van der Waals surface area (Å²) in [4.78, 5) is 13.3. The Bertz CT molecular complexity index is 1450. The fraction of sp³-hybridized carbons (Fsp3) is 0.222. The molecule has 3 heterocycles. The number of halogens is 2. The molecule has 0 aliphatic carbocycles. The summed E-state index contributed by atoms with van der Waals surface area (Å²) in [5.74, 6) is 2.50. The van der Waals surface area contributed by atoms with Crippen molar-refractivity contribution in [2.75, 3.05) is 43.8 Å². The molecule has 1 aliphatic rings. The number of pyridine rings is 1. The number of ether oxygens (including phenoxy) is 4. The molecular formula is C27H26Cl2N6O4. The Labute approximate surface area is 235 Å². The molecule has 1 saturated heterocycles. The topological polar surface area (TPSA) is 126 Å². The van der Waals surface area contributed by atoms with Crippen LogP contribution in [0.25, 0.3) is 11.3 Å². The molecule has 2 aromatic heterocycles. The lowest BCUT2D eigenvalue weighted by Crippen LogP contribution is -2.15. The van der Waals surface area contributed by atoms with Gasteiger partial charge in [-0.25, -0.2) is 15.0 Å². The minimum atomic E-state index is 0.0396. The van der Waals surface area contributed by atoms with Gasteiger partial charge in [0.05, 0.1) is 50.2 Å². The normalized spacial score (nSPS) is 14.6. The van der Waals surface area contributed by atoms with Crippen molar-refractivity contribution in [2.24, 2.45) is 0 Å². The second-order valence-corrected chi connectivity index (χ2v) is 9.33. The minimum absolute atomic E-state index is 0.0396. The number of methoxy groups -OCH3 is 2. The van der Waals surface area contributed by atoms with Crippen LogP contribution in [0.2, 0.25) is 10.0 Å². The van der Waals surface area contributed by atoms with Crippen molar-refractivity contribution >= 4 is 51.9 Å². The molecular weight excluding hydrogens is 543 g/mol. The first kappa shape index (κ1) is 26.6. The lowest BCUT2D eigenvalue weighted by atomic mass is 10.1. The van der Waals surface area contributed by atoms with Gasteiger partial charge in [0.15, 0.2) is 0 Å². The van der Waals surface area contributed by atoms with E-state index in [9.17, 15) is 0 Å². The maximum Gasteiger partial charge on any atom is 0.143 e. The van der Waals surface area contributed by atoms with Crippen LogP contribution in [0.4, 0.5) is 28.7 Å². The second kappa shape index (κ2) is 11.8. The van der Waals surface area contributed by atoms with E-state index in [1.165, 1.54) is 20.5 Å². The predicted octanol–water partition coefficient (Wildman–Crippen LogP) is 6.10. The highest BCUT2D eigenvalue weighted by molar-refractivity contribution is 6.41. The van der Waals surface area contributed by atoms with Gasteiger partial charge in [0.1, 0.15) is 51.4 Å². The van der Waals surface area contributed by atoms with E-state index in [1.807, 2.05) is 18.2 Å². The average molecular weight is 569 g/mol. The quantitative estimate of drug-likeness (QED) is 0.204. The minimum Gasteiger partial charge on any atom is -0.495 e. The molecule has 4 N–H and O–H groups in total. The van der Waals surface area contributed by atoms with Gasteiger partial charge < -0.3 is 35.3 Å². The van der Waals surface area contributed by atoms with E-state index < -0.39 is 0 Å². The van der Waals surface area contributed by atoms with Gasteiger partial charge >= 0.3 is 0 Å². The summed E-state index contributed by atoms with van der Waals surface area (Å²) in [5.41, 5.74) is 9.18. The van der Waals surface area contributed by atoms with E-state index in [0.717, 1.165) is 6.42 Å². The smallest absolute Gasteiger partial charge is 0.143 e. The number of nitrogens with two attached hydrogens (primary N) is 1. The Balaban J connectivity index is 1.40. The van der Waals surface area contributed by atoms with Crippen LogP contribution in [0.5, 0.6) is 17.2 Å². The Morgan fingerprint density at radius 3 is 2.46 bits per heavy atom. The maximum absolute atomic E-state index is 6.56. The molecule has 1 unspecified atom stereocenters. The lowest BCUT2D eigenvalue weighted by molar-refractivity contribution is 0.141. The van der Waals surface area contributed by atoms with Crippen molar-refractivity contribution in [3.8, 4) is 28.5 Å². The molecule has 39 heavy (non-hydrogen) atoms. The Hall–Kier alpha value is -3.99. The summed E-state index contributed by atoms with van der Waals surface area (Å²) >= 11 is 13.1. The van der Waals surface area contributed by atoms with Gasteiger partial charge in [-0.1, -0.05) is 23.2 Å². The van der Waals surface area contributed by atoms with Gasteiger partial charge in [-0.05, 0) is 24.3 Å². The third kappa shape index (κ3) is 5.88. The highest BCUT2D eigenvalue weighted by atomic mass is 35.5. The van der Waals surface area contributed by atoms with Crippen molar-refractivity contribution in [3.63, 3.8) is 0 Å². The molecule has 202 valence electrons. The number of nitrogen functional groups attached to an aromatic ring is 1. The van der Waals surface area contributed by atoms with Crippen LogP contribution in [-0.2, 0) is 4.74 Å². The molecule has 5 rings (SSSR count). The van der Waals surface area contributed by atoms with E-state index in [-0.39, 0.29) is 16.1 Å². The molecule has 0 radical (unpaired) electrons. The van der Waals surface area contributed by atoms with Crippen molar-refractivity contribution in [2.45, 2.75) is 12.5 Å². The lowest BCUT2D eigenvalue weighted by Gasteiger charge is -2.17. The van der Waals surface area contributed by atoms with E-state index in [4.69, 9.17) is 47.9 Å². The zero-order valence-corrected chi connectivity index (χ0v) is 22.7. The molecule has 1 aliphatic heterocycles. The average Bonchev–Trinajstić information content (AvgIpc) is 3.46. The van der Waals surface area contributed by atoms with Crippen LogP contribution in [0.15, 0.2) is 55.0 Å². The van der Waals surface area contributed by atoms with Crippen LogP contribution < -0.4 is 30.6 Å². The highest BCUT2D eigenvalue weighted by Gasteiger charge is 2.20. The summed E-state index contributed by atoms with van der Waals surface area (Å²) in [6.45, 7) is 1.29. The third-order valence-corrected chi connectivity index (χ3v) is 6.79. The second-order valence-electron chi connectivity index (χ2n) is 8.57. The van der Waals surface area contributed by atoms with Crippen molar-refractivity contribution in [1.29, 1.82) is 0 Å². The first-order chi connectivity index (χ1) is 19.0. The molecule has 0 saturated carbocycles. The van der Waals surface area contributed by atoms with Gasteiger partial charge in [-0.3, -0.25) is 0 Å². The van der Waals surface area contributed by atoms with Crippen LogP contribution in [0.3, 0.4) is 0 Å². The molecule has 10 nitrogen and oxygen atoms in total. The van der Waals surface area contributed by atoms with E-state index >= 15 is 0 Å². The van der Waals surface area contributed by atoms with Gasteiger partial charge in [0.25, 0.3) is 0 Å². The zero-order chi connectivity index (χ0) is 27.4. The number of aromatic nitrogens is 3. The summed E-state index contributed by atoms with van der Waals surface area (Å²) < 4.78 is 22.1. The molecule has 0 spiro atoms. The maximum atomic E-state index is 6.56. The summed E-state index contributed by atoms with van der Waals surface area (Å²) in [6, 6.07) is 12.6. The Kier molecular flexibility index (Phi) is 8.06. The van der Waals surface area contributed by atoms with Crippen molar-refractivity contribution in [3.05, 3.63) is 65.0 Å². The van der Waals surface area contributed by atoms with Gasteiger partial charge in [-0.2, -0.15) is 0 Å². The monoisotopic (exact) mass is 568 g/mol. The molecule has 2 aromatic carbocycles. The van der Waals surface area contributed by atoms with E-state index in [0.29, 0.717) is 70.4 Å². The number of nitrogens with one attached hydrogen (secondary N) is 2. The zero-order valence-electron chi connectivity index (χ0n) is 21.2. The van der Waals surface area contributed by atoms with Gasteiger partial charge in [0, 0.05) is 36.4 Å². The molecule has 0 bridgehead atoms. The Morgan fingerprint density at radius 2 is 1.77 bits per heavy atom. The van der Waals surface area contributed by atoms with Crippen molar-refractivity contribution in [1.82, 2.24) is 15.0 Å². The van der Waals surface area contributed by atoms with Gasteiger partial charge in [0.2, 0.25) is 0 Å². The van der Waals surface area contributed by atoms with Crippen LogP contribution in [-0.4, -0.2) is 48.5 Å². The summed E-state index contributed by atoms with van der Waals surface area (Å²) in [7, 11) is 3.02. The fourth-order valence-electron chi connectivity index (χ4n) is 4.06. The SMILES string of the molecule is COc1cc(OC)c(Cl)c(Nc2ncccc2-c2cc(Nc3ccc(OC4CCOC4)cc3N)ncn2)c1Cl. The fourth-order valence-corrected chi connectivity index (χ4v) is 4.66. The van der Waals surface area contributed by atoms with Crippen LogP contribution in [0, 0.1) is 0 Å². The first-order valence-corrected chi connectivity index (χ1v) is 12.8. The number of hydrogen-bond donors (Lipinski definition) is 3. The summed E-state index contributed by atoms with van der Waals surface area (Å²) in [5, 5.41) is 7.03. The van der Waals surface area contributed by atoms with E-state index in [1.54, 1.807) is 30.5 Å². The largest absolute Gasteiger partial charge is 0.495 e. The van der Waals surface area contributed by atoms with Crippen LogP contribution >= 0.6 is 23.2 Å². The van der Waals surface area contributed by atoms with E-state index in [2.05, 4.69) is 25.6 Å². The number of nitrogens with zero attached hydrogens (tertiary/aromatic N) is 3. The molecule has 1 fully saturated rings. The molecule has 0 amide bonds. The number of hydrogen-bond acceptors (Lipinski definition) is 10. The number of anilines is 5. The molecule has 4 aromatic rings. The Morgan fingerprint density at radius 1 is 0.974 bits per heavy atom. The standard InChI is InChI=1S/C27H26Cl2N6O4/c1-36-21-12-22(37-2)25(29)26(24(21)28)35-27-17(4-3-8-31-27)20-11-23(33-14-32-20)34-19-6-5-15(10-18(19)30)39-16-7-9-38-13-16/h3-6,8,10-12,14,16H,7,9,13,30H2,1-2H3,(H,31,35)(H,32,33,34). The third-order valence-electron chi connectivity index (χ3n) is 6.04. The van der Waals surface area contributed by atoms with Crippen molar-refractivity contribution < 1.29 is 18.9 Å². The van der Waals surface area contributed by atoms with Gasteiger partial charge in [-0.15, -0.1) is 0 Å². The number of benzene rings is 2. The molecule has 12 heteroatoms. The summed E-state index contributed by atoms with van der Waals surface area (Å²) in [6.07, 6.45) is 4.00. The molecule has 1 atom stereocenters. The first-order valence-electron chi connectivity index (χ1n) is 12.0. The predicted molar refractivity (Wildman–Crippen MR) is 152 cm³/mol.